The fourth-order valence-electron chi connectivity index (χ4n) is 1.24. The first-order valence-corrected chi connectivity index (χ1v) is 4.29. The predicted molar refractivity (Wildman–Crippen MR) is 49.9 cm³/mol. The van der Waals surface area contributed by atoms with Crippen LogP contribution in [0.2, 0.25) is 0 Å². The van der Waals surface area contributed by atoms with Crippen molar-refractivity contribution in [2.24, 2.45) is 0 Å². The third-order valence-electron chi connectivity index (χ3n) is 2.07. The van der Waals surface area contributed by atoms with Crippen molar-refractivity contribution in [2.45, 2.75) is 25.9 Å². The molecule has 1 atom stereocenters. The summed E-state index contributed by atoms with van der Waals surface area (Å²) in [6.45, 7) is 1.54. The normalized spacial score (nSPS) is 12.1. The molecule has 1 aromatic rings. The van der Waals surface area contributed by atoms with Crippen molar-refractivity contribution in [3.05, 3.63) is 35.4 Å². The zero-order chi connectivity index (χ0) is 9.68. The summed E-state index contributed by atoms with van der Waals surface area (Å²) in [5.74, 6) is 0.191. The molecule has 68 valence electrons. The number of hydrogen-bond acceptors (Lipinski definition) is 1. The minimum Gasteiger partial charge on any atom is -0.246 e. The van der Waals surface area contributed by atoms with Crippen LogP contribution in [0.3, 0.4) is 0 Å². The van der Waals surface area contributed by atoms with Crippen molar-refractivity contribution in [3.8, 4) is 6.07 Å². The lowest BCUT2D eigenvalue weighted by atomic mass is 9.97. The Labute approximate surface area is 77.8 Å². The molecule has 0 fully saturated rings. The number of alkyl halides is 1. The summed E-state index contributed by atoms with van der Waals surface area (Å²) >= 11 is 0. The molecule has 0 N–H and O–H groups in total. The van der Waals surface area contributed by atoms with Crippen LogP contribution >= 0.6 is 0 Å². The van der Waals surface area contributed by atoms with Gasteiger partial charge in [0.25, 0.3) is 0 Å². The molecule has 1 unspecified atom stereocenters. The highest BCUT2D eigenvalue weighted by atomic mass is 19.1. The fraction of sp³-hybridized carbons (Fsp3) is 0.364. The molecule has 0 aliphatic rings. The highest BCUT2D eigenvalue weighted by Gasteiger charge is 2.04. The molecule has 1 aromatic carbocycles. The van der Waals surface area contributed by atoms with E-state index in [1.54, 1.807) is 6.07 Å². The van der Waals surface area contributed by atoms with Crippen LogP contribution in [0.5, 0.6) is 0 Å². The van der Waals surface area contributed by atoms with Gasteiger partial charge >= 0.3 is 0 Å². The van der Waals surface area contributed by atoms with E-state index in [1.165, 1.54) is 0 Å². The molecule has 0 aromatic heterocycles. The number of benzene rings is 1. The first-order chi connectivity index (χ1) is 6.27. The van der Waals surface area contributed by atoms with E-state index in [9.17, 15) is 4.39 Å². The Kier molecular flexibility index (Phi) is 3.45. The maximum Gasteiger partial charge on any atom is 0.115 e. The van der Waals surface area contributed by atoms with Gasteiger partial charge in [-0.15, -0.1) is 0 Å². The van der Waals surface area contributed by atoms with Gasteiger partial charge in [0.05, 0.1) is 6.07 Å². The van der Waals surface area contributed by atoms with Gasteiger partial charge in [0.1, 0.15) is 6.67 Å². The summed E-state index contributed by atoms with van der Waals surface area (Å²) in [6, 6.07) is 9.45. The van der Waals surface area contributed by atoms with E-state index in [0.29, 0.717) is 12.0 Å². The quantitative estimate of drug-likeness (QED) is 0.695. The molecule has 0 heterocycles. The second-order valence-corrected chi connectivity index (χ2v) is 3.14. The van der Waals surface area contributed by atoms with Crippen LogP contribution in [-0.4, -0.2) is 0 Å². The van der Waals surface area contributed by atoms with E-state index < -0.39 is 6.67 Å². The molecule has 1 rings (SSSR count). The van der Waals surface area contributed by atoms with Gasteiger partial charge in [-0.2, -0.15) is 5.26 Å². The molecule has 0 spiro atoms. The van der Waals surface area contributed by atoms with Gasteiger partial charge in [-0.05, 0) is 17.0 Å². The van der Waals surface area contributed by atoms with Gasteiger partial charge in [-0.3, -0.25) is 0 Å². The van der Waals surface area contributed by atoms with E-state index in [-0.39, 0.29) is 5.92 Å². The SMILES string of the molecule is CC(CC#N)c1cccc(CF)c1. The van der Waals surface area contributed by atoms with Gasteiger partial charge in [0.15, 0.2) is 0 Å². The molecule has 2 heteroatoms. The standard InChI is InChI=1S/C11H12FN/c1-9(5-6-13)11-4-2-3-10(7-11)8-12/h2-4,7,9H,5,8H2,1H3. The number of rotatable bonds is 3. The number of nitriles is 1. The molecule has 0 radical (unpaired) electrons. The lowest BCUT2D eigenvalue weighted by molar-refractivity contribution is 0.484. The molecule has 0 amide bonds. The summed E-state index contributed by atoms with van der Waals surface area (Å²) in [5, 5.41) is 8.50. The molecule has 13 heavy (non-hydrogen) atoms. The Hall–Kier alpha value is -1.36. The maximum absolute atomic E-state index is 12.3. The van der Waals surface area contributed by atoms with E-state index in [1.807, 2.05) is 25.1 Å². The Balaban J connectivity index is 2.83. The summed E-state index contributed by atoms with van der Waals surface area (Å²) in [7, 11) is 0. The first kappa shape index (κ1) is 9.73. The number of nitrogens with zero attached hydrogens (tertiary/aromatic N) is 1. The van der Waals surface area contributed by atoms with E-state index in [2.05, 4.69) is 6.07 Å². The number of hydrogen-bond donors (Lipinski definition) is 0. The van der Waals surface area contributed by atoms with Crippen LogP contribution < -0.4 is 0 Å². The van der Waals surface area contributed by atoms with Gasteiger partial charge in [-0.25, -0.2) is 4.39 Å². The fourth-order valence-corrected chi connectivity index (χ4v) is 1.24. The smallest absolute Gasteiger partial charge is 0.115 e. The van der Waals surface area contributed by atoms with Crippen LogP contribution in [0.25, 0.3) is 0 Å². The molecule has 0 aliphatic carbocycles. The molecule has 0 bridgehead atoms. The molecular formula is C11H12FN. The van der Waals surface area contributed by atoms with E-state index in [4.69, 9.17) is 5.26 Å². The molecular weight excluding hydrogens is 165 g/mol. The molecule has 0 aliphatic heterocycles. The highest BCUT2D eigenvalue weighted by molar-refractivity contribution is 5.26. The van der Waals surface area contributed by atoms with Crippen molar-refractivity contribution >= 4 is 0 Å². The third kappa shape index (κ3) is 2.55. The van der Waals surface area contributed by atoms with Crippen LogP contribution in [0.4, 0.5) is 4.39 Å². The average molecular weight is 177 g/mol. The Morgan fingerprint density at radius 1 is 1.54 bits per heavy atom. The zero-order valence-electron chi connectivity index (χ0n) is 7.63. The van der Waals surface area contributed by atoms with Crippen LogP contribution in [-0.2, 0) is 6.67 Å². The molecule has 1 nitrogen and oxygen atoms in total. The summed E-state index contributed by atoms with van der Waals surface area (Å²) < 4.78 is 12.3. The maximum atomic E-state index is 12.3. The van der Waals surface area contributed by atoms with Crippen LogP contribution in [0, 0.1) is 11.3 Å². The van der Waals surface area contributed by atoms with Crippen molar-refractivity contribution in [1.82, 2.24) is 0 Å². The summed E-state index contributed by atoms with van der Waals surface area (Å²) in [5.41, 5.74) is 1.72. The Bertz CT molecular complexity index is 314. The Morgan fingerprint density at radius 3 is 2.92 bits per heavy atom. The average Bonchev–Trinajstić information content (AvgIpc) is 2.18. The van der Waals surface area contributed by atoms with E-state index >= 15 is 0 Å². The van der Waals surface area contributed by atoms with Crippen LogP contribution in [0.1, 0.15) is 30.4 Å². The minimum atomic E-state index is -0.437. The Morgan fingerprint density at radius 2 is 2.31 bits per heavy atom. The third-order valence-corrected chi connectivity index (χ3v) is 2.07. The first-order valence-electron chi connectivity index (χ1n) is 4.29. The van der Waals surface area contributed by atoms with Gasteiger partial charge in [0, 0.05) is 6.42 Å². The topological polar surface area (TPSA) is 23.8 Å². The van der Waals surface area contributed by atoms with Gasteiger partial charge in [-0.1, -0.05) is 31.2 Å². The summed E-state index contributed by atoms with van der Waals surface area (Å²) in [6.07, 6.45) is 0.482. The lowest BCUT2D eigenvalue weighted by Gasteiger charge is -2.07. The van der Waals surface area contributed by atoms with Crippen molar-refractivity contribution in [2.75, 3.05) is 0 Å². The highest BCUT2D eigenvalue weighted by Crippen LogP contribution is 2.19. The van der Waals surface area contributed by atoms with Crippen molar-refractivity contribution in [1.29, 1.82) is 5.26 Å². The molecule has 0 saturated carbocycles. The minimum absolute atomic E-state index is 0.191. The van der Waals surface area contributed by atoms with Gasteiger partial charge in [0.2, 0.25) is 0 Å². The van der Waals surface area contributed by atoms with Crippen molar-refractivity contribution < 1.29 is 4.39 Å². The second-order valence-electron chi connectivity index (χ2n) is 3.14. The second kappa shape index (κ2) is 4.61. The largest absolute Gasteiger partial charge is 0.246 e. The lowest BCUT2D eigenvalue weighted by Crippen LogP contribution is -1.92. The predicted octanol–water partition coefficient (Wildman–Crippen LogP) is 3.17. The van der Waals surface area contributed by atoms with Crippen molar-refractivity contribution in [3.63, 3.8) is 0 Å². The zero-order valence-corrected chi connectivity index (χ0v) is 7.63. The number of halogens is 1. The van der Waals surface area contributed by atoms with Gasteiger partial charge < -0.3 is 0 Å². The monoisotopic (exact) mass is 177 g/mol. The summed E-state index contributed by atoms with van der Waals surface area (Å²) in [4.78, 5) is 0. The van der Waals surface area contributed by atoms with Crippen LogP contribution in [0.15, 0.2) is 24.3 Å². The van der Waals surface area contributed by atoms with E-state index in [0.717, 1.165) is 5.56 Å². The molecule has 0 saturated heterocycles.